The van der Waals surface area contributed by atoms with Crippen LogP contribution in [0.15, 0.2) is 0 Å². The summed E-state index contributed by atoms with van der Waals surface area (Å²) in [5.41, 5.74) is 0. The van der Waals surface area contributed by atoms with Gasteiger partial charge in [0.15, 0.2) is 0 Å². The zero-order chi connectivity index (χ0) is 8.97. The molecular formula is C11H23N. The molecule has 72 valence electrons. The van der Waals surface area contributed by atoms with Crippen LogP contribution in [0.5, 0.6) is 0 Å². The second-order valence-corrected chi connectivity index (χ2v) is 4.58. The summed E-state index contributed by atoms with van der Waals surface area (Å²) in [7, 11) is 0. The van der Waals surface area contributed by atoms with Crippen LogP contribution in [0.1, 0.15) is 46.5 Å². The number of nitrogens with one attached hydrogen (secondary N) is 1. The summed E-state index contributed by atoms with van der Waals surface area (Å²) in [6.45, 7) is 8.18. The summed E-state index contributed by atoms with van der Waals surface area (Å²) in [4.78, 5) is 0. The lowest BCUT2D eigenvalue weighted by molar-refractivity contribution is 0.232. The Morgan fingerprint density at radius 3 is 2.58 bits per heavy atom. The highest BCUT2D eigenvalue weighted by molar-refractivity contribution is 4.82. The summed E-state index contributed by atoms with van der Waals surface area (Å²) >= 11 is 0. The van der Waals surface area contributed by atoms with Crippen LogP contribution >= 0.6 is 0 Å². The van der Waals surface area contributed by atoms with Gasteiger partial charge in [-0.15, -0.1) is 0 Å². The van der Waals surface area contributed by atoms with Gasteiger partial charge in [-0.3, -0.25) is 0 Å². The summed E-state index contributed by atoms with van der Waals surface area (Å²) in [6.07, 6.45) is 5.50. The molecule has 0 aromatic rings. The lowest BCUT2D eigenvalue weighted by atomic mass is 9.81. The van der Waals surface area contributed by atoms with E-state index in [1.54, 1.807) is 0 Å². The van der Waals surface area contributed by atoms with Gasteiger partial charge in [-0.1, -0.05) is 27.2 Å². The van der Waals surface area contributed by atoms with E-state index in [0.29, 0.717) is 0 Å². The van der Waals surface area contributed by atoms with E-state index in [1.165, 1.54) is 32.2 Å². The fourth-order valence-electron chi connectivity index (χ4n) is 2.03. The Balaban J connectivity index is 1.95. The Kier molecular flexibility index (Phi) is 4.07. The van der Waals surface area contributed by atoms with E-state index in [-0.39, 0.29) is 0 Å². The van der Waals surface area contributed by atoms with Crippen LogP contribution in [0.3, 0.4) is 0 Å². The fourth-order valence-corrected chi connectivity index (χ4v) is 2.03. The maximum Gasteiger partial charge on any atom is 0.00722 e. The molecule has 1 atom stereocenters. The molecule has 0 radical (unpaired) electrons. The smallest absolute Gasteiger partial charge is 0.00722 e. The molecule has 1 unspecified atom stereocenters. The molecular weight excluding hydrogens is 146 g/mol. The SMILES string of the molecule is CCCC(C)CNC1CC(C)C1. The number of hydrogen-bond donors (Lipinski definition) is 1. The minimum absolute atomic E-state index is 0.847. The summed E-state index contributed by atoms with van der Waals surface area (Å²) < 4.78 is 0. The van der Waals surface area contributed by atoms with Gasteiger partial charge in [-0.2, -0.15) is 0 Å². The van der Waals surface area contributed by atoms with Crippen molar-refractivity contribution in [3.63, 3.8) is 0 Å². The largest absolute Gasteiger partial charge is 0.314 e. The Hall–Kier alpha value is -0.0400. The predicted octanol–water partition coefficient (Wildman–Crippen LogP) is 2.81. The lowest BCUT2D eigenvalue weighted by Gasteiger charge is -2.34. The molecule has 0 heterocycles. The third kappa shape index (κ3) is 3.14. The second kappa shape index (κ2) is 4.86. The second-order valence-electron chi connectivity index (χ2n) is 4.58. The van der Waals surface area contributed by atoms with Gasteiger partial charge in [0.1, 0.15) is 0 Å². The Morgan fingerprint density at radius 1 is 1.42 bits per heavy atom. The Labute approximate surface area is 76.9 Å². The quantitative estimate of drug-likeness (QED) is 0.667. The monoisotopic (exact) mass is 169 g/mol. The van der Waals surface area contributed by atoms with Crippen molar-refractivity contribution in [3.05, 3.63) is 0 Å². The summed E-state index contributed by atoms with van der Waals surface area (Å²) in [6, 6.07) is 0.847. The standard InChI is InChI=1S/C11H23N/c1-4-5-9(2)8-12-11-6-10(3)7-11/h9-12H,4-8H2,1-3H3. The van der Waals surface area contributed by atoms with Gasteiger partial charge in [-0.25, -0.2) is 0 Å². The first-order valence-corrected chi connectivity index (χ1v) is 5.45. The topological polar surface area (TPSA) is 12.0 Å². The summed E-state index contributed by atoms with van der Waals surface area (Å²) in [5, 5.41) is 3.63. The molecule has 1 aliphatic rings. The van der Waals surface area contributed by atoms with Crippen LogP contribution in [-0.4, -0.2) is 12.6 Å². The van der Waals surface area contributed by atoms with Crippen LogP contribution < -0.4 is 5.32 Å². The van der Waals surface area contributed by atoms with E-state index < -0.39 is 0 Å². The third-order valence-corrected chi connectivity index (χ3v) is 2.91. The first-order chi connectivity index (χ1) is 5.72. The van der Waals surface area contributed by atoms with Crippen LogP contribution in [0.2, 0.25) is 0 Å². The zero-order valence-corrected chi connectivity index (χ0v) is 8.77. The molecule has 1 saturated carbocycles. The van der Waals surface area contributed by atoms with Gasteiger partial charge in [0.05, 0.1) is 0 Å². The molecule has 1 heteroatoms. The van der Waals surface area contributed by atoms with Crippen LogP contribution in [-0.2, 0) is 0 Å². The summed E-state index contributed by atoms with van der Waals surface area (Å²) in [5.74, 6) is 1.84. The van der Waals surface area contributed by atoms with Crippen molar-refractivity contribution in [1.29, 1.82) is 0 Å². The molecule has 0 aromatic heterocycles. The maximum atomic E-state index is 3.63. The zero-order valence-electron chi connectivity index (χ0n) is 8.77. The maximum absolute atomic E-state index is 3.63. The molecule has 1 rings (SSSR count). The highest BCUT2D eigenvalue weighted by atomic mass is 14.9. The van der Waals surface area contributed by atoms with Gasteiger partial charge in [0, 0.05) is 6.04 Å². The number of rotatable bonds is 5. The van der Waals surface area contributed by atoms with E-state index >= 15 is 0 Å². The van der Waals surface area contributed by atoms with E-state index in [4.69, 9.17) is 0 Å². The molecule has 1 N–H and O–H groups in total. The molecule has 1 nitrogen and oxygen atoms in total. The highest BCUT2D eigenvalue weighted by Crippen LogP contribution is 2.26. The predicted molar refractivity (Wildman–Crippen MR) is 54.3 cm³/mol. The van der Waals surface area contributed by atoms with E-state index in [2.05, 4.69) is 26.1 Å². The first-order valence-electron chi connectivity index (χ1n) is 5.45. The average molecular weight is 169 g/mol. The Morgan fingerprint density at radius 2 is 2.08 bits per heavy atom. The normalized spacial score (nSPS) is 31.2. The Bertz CT molecular complexity index is 111. The minimum Gasteiger partial charge on any atom is -0.314 e. The van der Waals surface area contributed by atoms with E-state index in [1.807, 2.05) is 0 Å². The molecule has 0 spiro atoms. The van der Waals surface area contributed by atoms with Crippen LogP contribution in [0.4, 0.5) is 0 Å². The third-order valence-electron chi connectivity index (χ3n) is 2.91. The average Bonchev–Trinajstić information content (AvgIpc) is 1.96. The van der Waals surface area contributed by atoms with Crippen molar-refractivity contribution in [2.45, 2.75) is 52.5 Å². The van der Waals surface area contributed by atoms with Crippen molar-refractivity contribution in [2.75, 3.05) is 6.54 Å². The number of hydrogen-bond acceptors (Lipinski definition) is 1. The molecule has 0 saturated heterocycles. The van der Waals surface area contributed by atoms with Gasteiger partial charge in [-0.05, 0) is 37.6 Å². The van der Waals surface area contributed by atoms with Crippen LogP contribution in [0, 0.1) is 11.8 Å². The first kappa shape index (κ1) is 10.0. The molecule has 0 bridgehead atoms. The molecule has 1 fully saturated rings. The van der Waals surface area contributed by atoms with Crippen molar-refractivity contribution in [1.82, 2.24) is 5.32 Å². The lowest BCUT2D eigenvalue weighted by Crippen LogP contribution is -2.41. The van der Waals surface area contributed by atoms with Gasteiger partial charge < -0.3 is 5.32 Å². The van der Waals surface area contributed by atoms with Crippen molar-refractivity contribution in [2.24, 2.45) is 11.8 Å². The van der Waals surface area contributed by atoms with Crippen molar-refractivity contribution >= 4 is 0 Å². The van der Waals surface area contributed by atoms with Crippen molar-refractivity contribution in [3.8, 4) is 0 Å². The van der Waals surface area contributed by atoms with E-state index in [0.717, 1.165) is 17.9 Å². The fraction of sp³-hybridized carbons (Fsp3) is 1.00. The molecule has 0 amide bonds. The van der Waals surface area contributed by atoms with E-state index in [9.17, 15) is 0 Å². The molecule has 1 aliphatic carbocycles. The molecule has 0 aromatic carbocycles. The van der Waals surface area contributed by atoms with Gasteiger partial charge in [0.2, 0.25) is 0 Å². The molecule has 12 heavy (non-hydrogen) atoms. The van der Waals surface area contributed by atoms with Gasteiger partial charge in [0.25, 0.3) is 0 Å². The van der Waals surface area contributed by atoms with Crippen LogP contribution in [0.25, 0.3) is 0 Å². The minimum atomic E-state index is 0.847. The van der Waals surface area contributed by atoms with Crippen molar-refractivity contribution < 1.29 is 0 Å². The molecule has 0 aliphatic heterocycles. The highest BCUT2D eigenvalue weighted by Gasteiger charge is 2.24. The van der Waals surface area contributed by atoms with Gasteiger partial charge >= 0.3 is 0 Å².